The van der Waals surface area contributed by atoms with Crippen LogP contribution in [0.5, 0.6) is 0 Å². The van der Waals surface area contributed by atoms with E-state index in [9.17, 15) is 0 Å². The number of aryl methyl sites for hydroxylation is 4. The second kappa shape index (κ2) is 20.8. The highest BCUT2D eigenvalue weighted by Crippen LogP contribution is 2.50. The monoisotopic (exact) mass is 1090 g/mol. The third kappa shape index (κ3) is 8.92. The Morgan fingerprint density at radius 3 is 1.05 bits per heavy atom. The predicted octanol–water partition coefficient (Wildman–Crippen LogP) is 23.8. The minimum absolute atomic E-state index is 0.116. The van der Waals surface area contributed by atoms with Gasteiger partial charge in [0.2, 0.25) is 0 Å². The van der Waals surface area contributed by atoms with Crippen molar-refractivity contribution < 1.29 is 8.83 Å². The third-order valence-corrected chi connectivity index (χ3v) is 17.4. The van der Waals surface area contributed by atoms with Crippen LogP contribution in [0.2, 0.25) is 0 Å². The first-order chi connectivity index (χ1) is 41.6. The molecule has 0 amide bonds. The molecule has 408 valence electrons. The zero-order valence-electron chi connectivity index (χ0n) is 48.6. The Labute approximate surface area is 496 Å². The highest BCUT2D eigenvalue weighted by atomic mass is 16.3. The van der Waals surface area contributed by atoms with E-state index in [4.69, 9.17) is 8.83 Å². The van der Waals surface area contributed by atoms with Crippen molar-refractivity contribution in [1.82, 2.24) is 0 Å². The maximum Gasteiger partial charge on any atom is 0.142 e. The maximum atomic E-state index is 7.11. The minimum atomic E-state index is 0.116. The molecule has 0 radical (unpaired) electrons. The van der Waals surface area contributed by atoms with Gasteiger partial charge in [-0.25, -0.2) is 0 Å². The molecule has 2 heterocycles. The Bertz CT molecular complexity index is 4720. The van der Waals surface area contributed by atoms with E-state index in [0.29, 0.717) is 0 Å². The molecule has 15 aromatic rings. The molecule has 13 aromatic carbocycles. The Hall–Kier alpha value is -10.4. The Morgan fingerprint density at radius 2 is 0.671 bits per heavy atom. The number of furan rings is 2. The van der Waals surface area contributed by atoms with Crippen LogP contribution < -0.4 is 9.80 Å². The molecule has 0 unspecified atom stereocenters. The second-order valence-corrected chi connectivity index (χ2v) is 23.2. The quantitative estimate of drug-likeness (QED) is 0.129. The lowest BCUT2D eigenvalue weighted by Gasteiger charge is -2.31. The number of benzene rings is 13. The molecular weight excluding hydrogens is 1030 g/mol. The summed E-state index contributed by atoms with van der Waals surface area (Å²) in [7, 11) is 0. The molecule has 2 aromatic heterocycles. The van der Waals surface area contributed by atoms with Gasteiger partial charge < -0.3 is 18.6 Å². The summed E-state index contributed by atoms with van der Waals surface area (Å²) in [6.07, 6.45) is 0. The first-order valence-electron chi connectivity index (χ1n) is 29.6. The summed E-state index contributed by atoms with van der Waals surface area (Å²) in [6.45, 7) is 13.4. The molecule has 0 aliphatic rings. The standard InChI is InChI=1S/C81H62N2O2/c1-50(2)77-80-71(69-45-61-33-37-65(41-63(61)47-75(69)84-80)82(78-51(3)21-19-22-52(78)4)73-39-35-59(55-25-11-7-12-26-55)43-67(73)57-29-15-9-16-30-57)49-72-70-46-62-34-38-66(42-64(62)48-76(70)85-81(72)77)83(79-53(5)23-20-24-54(79)6)74-40-36-60(56-27-13-8-14-28-56)44-68(74)58-31-17-10-18-32-58/h7-50H,1-6H3. The van der Waals surface area contributed by atoms with Crippen molar-refractivity contribution >= 4 is 99.5 Å². The van der Waals surface area contributed by atoms with Crippen molar-refractivity contribution in [2.45, 2.75) is 47.5 Å². The number of hydrogen-bond donors (Lipinski definition) is 0. The van der Waals surface area contributed by atoms with Crippen molar-refractivity contribution in [3.8, 4) is 44.5 Å². The van der Waals surface area contributed by atoms with Crippen molar-refractivity contribution in [3.63, 3.8) is 0 Å². The highest BCUT2D eigenvalue weighted by Gasteiger charge is 2.27. The normalized spacial score (nSPS) is 11.8. The van der Waals surface area contributed by atoms with Gasteiger partial charge in [0, 0.05) is 49.6 Å². The molecule has 0 saturated carbocycles. The van der Waals surface area contributed by atoms with Gasteiger partial charge in [-0.2, -0.15) is 0 Å². The van der Waals surface area contributed by atoms with Crippen LogP contribution in [0.3, 0.4) is 0 Å². The van der Waals surface area contributed by atoms with Gasteiger partial charge in [0.05, 0.1) is 22.7 Å². The van der Waals surface area contributed by atoms with Crippen molar-refractivity contribution in [2.75, 3.05) is 9.80 Å². The van der Waals surface area contributed by atoms with Gasteiger partial charge in [-0.1, -0.05) is 196 Å². The smallest absolute Gasteiger partial charge is 0.142 e. The summed E-state index contributed by atoms with van der Waals surface area (Å²) >= 11 is 0. The van der Waals surface area contributed by atoms with Crippen molar-refractivity contribution in [2.24, 2.45) is 0 Å². The van der Waals surface area contributed by atoms with Crippen LogP contribution in [0.4, 0.5) is 34.1 Å². The second-order valence-electron chi connectivity index (χ2n) is 23.2. The molecule has 15 rings (SSSR count). The number of rotatable bonds is 11. The van der Waals surface area contributed by atoms with Crippen LogP contribution in [0.25, 0.3) is 110 Å². The van der Waals surface area contributed by atoms with Crippen LogP contribution in [-0.4, -0.2) is 0 Å². The molecule has 0 saturated heterocycles. The third-order valence-electron chi connectivity index (χ3n) is 17.4. The van der Waals surface area contributed by atoms with E-state index in [1.807, 2.05) is 0 Å². The van der Waals surface area contributed by atoms with E-state index in [-0.39, 0.29) is 5.92 Å². The summed E-state index contributed by atoms with van der Waals surface area (Å²) < 4.78 is 14.2. The highest BCUT2D eigenvalue weighted by molar-refractivity contribution is 6.20. The van der Waals surface area contributed by atoms with Crippen LogP contribution in [0.15, 0.2) is 270 Å². The number of para-hydroxylation sites is 2. The lowest BCUT2D eigenvalue weighted by atomic mass is 9.94. The average Bonchev–Trinajstić information content (AvgIpc) is 2.03. The summed E-state index contributed by atoms with van der Waals surface area (Å²) in [5.41, 5.74) is 25.4. The maximum absolute atomic E-state index is 7.11. The van der Waals surface area contributed by atoms with E-state index < -0.39 is 0 Å². The molecule has 85 heavy (non-hydrogen) atoms. The fourth-order valence-corrected chi connectivity index (χ4v) is 13.3. The SMILES string of the molecule is Cc1cccc(C)c1N(c1ccc2cc3c(cc2c1)oc1c(C(C)C)c2oc4cc5cc(N(c6ccc(-c7ccccc7)cc6-c6ccccc6)c6c(C)cccc6C)ccc5cc4c2cc13)c1ccc(-c2ccccc2)cc1-c1ccccc1. The summed E-state index contributed by atoms with van der Waals surface area (Å²) in [5.74, 6) is 0.116. The fraction of sp³-hybridized carbons (Fsp3) is 0.0864. The van der Waals surface area contributed by atoms with Gasteiger partial charge in [-0.05, 0) is 190 Å². The molecule has 0 bridgehead atoms. The van der Waals surface area contributed by atoms with Gasteiger partial charge in [-0.3, -0.25) is 0 Å². The van der Waals surface area contributed by atoms with Crippen LogP contribution in [0.1, 0.15) is 47.6 Å². The molecule has 0 atom stereocenters. The molecule has 0 fully saturated rings. The largest absolute Gasteiger partial charge is 0.456 e. The van der Waals surface area contributed by atoms with Gasteiger partial charge in [0.15, 0.2) is 0 Å². The van der Waals surface area contributed by atoms with Gasteiger partial charge in [0.1, 0.15) is 22.3 Å². The molecule has 4 heteroatoms. The molecule has 4 nitrogen and oxygen atoms in total. The lowest BCUT2D eigenvalue weighted by molar-refractivity contribution is 0.638. The average molecular weight is 1100 g/mol. The van der Waals surface area contributed by atoms with Crippen LogP contribution in [-0.2, 0) is 0 Å². The molecule has 0 aliphatic carbocycles. The van der Waals surface area contributed by atoms with Crippen molar-refractivity contribution in [3.05, 3.63) is 289 Å². The van der Waals surface area contributed by atoms with E-state index >= 15 is 0 Å². The fourth-order valence-electron chi connectivity index (χ4n) is 13.3. The van der Waals surface area contributed by atoms with Crippen LogP contribution in [0, 0.1) is 27.7 Å². The van der Waals surface area contributed by atoms with E-state index in [0.717, 1.165) is 116 Å². The minimum Gasteiger partial charge on any atom is -0.456 e. The topological polar surface area (TPSA) is 32.8 Å². The van der Waals surface area contributed by atoms with E-state index in [2.05, 4.69) is 312 Å². The molecular formula is C81H62N2O2. The summed E-state index contributed by atoms with van der Waals surface area (Å²) in [5, 5.41) is 8.86. The first-order valence-corrected chi connectivity index (χ1v) is 29.6. The Balaban J connectivity index is 0.865. The number of anilines is 6. The van der Waals surface area contributed by atoms with Gasteiger partial charge in [0.25, 0.3) is 0 Å². The predicted molar refractivity (Wildman–Crippen MR) is 360 cm³/mol. The zero-order chi connectivity index (χ0) is 57.4. The van der Waals surface area contributed by atoms with E-state index in [1.54, 1.807) is 0 Å². The van der Waals surface area contributed by atoms with Gasteiger partial charge >= 0.3 is 0 Å². The summed E-state index contributed by atoms with van der Waals surface area (Å²) in [4.78, 5) is 4.91. The molecule has 0 aliphatic heterocycles. The van der Waals surface area contributed by atoms with Crippen molar-refractivity contribution in [1.29, 1.82) is 0 Å². The molecule has 0 N–H and O–H groups in total. The molecule has 0 spiro atoms. The first kappa shape index (κ1) is 51.5. The summed E-state index contributed by atoms with van der Waals surface area (Å²) in [6, 6.07) is 95.1. The lowest BCUT2D eigenvalue weighted by Crippen LogP contribution is -2.14. The Kier molecular flexibility index (Phi) is 12.6. The number of fused-ring (bicyclic) bond motifs is 8. The zero-order valence-corrected chi connectivity index (χ0v) is 48.6. The van der Waals surface area contributed by atoms with Crippen LogP contribution >= 0.6 is 0 Å². The Morgan fingerprint density at radius 1 is 0.294 bits per heavy atom. The number of hydrogen-bond acceptors (Lipinski definition) is 4. The van der Waals surface area contributed by atoms with Gasteiger partial charge in [-0.15, -0.1) is 0 Å². The number of nitrogens with zero attached hydrogens (tertiary/aromatic N) is 2. The van der Waals surface area contributed by atoms with E-state index in [1.165, 1.54) is 55.9 Å².